The molecule has 92 valence electrons. The smallest absolute Gasteiger partial charge is 0.232 e. The van der Waals surface area contributed by atoms with Crippen LogP contribution in [0.3, 0.4) is 0 Å². The summed E-state index contributed by atoms with van der Waals surface area (Å²) in [4.78, 5) is 11.4. The van der Waals surface area contributed by atoms with Gasteiger partial charge in [0.15, 0.2) is 0 Å². The highest BCUT2D eigenvalue weighted by atomic mass is 35.5. The van der Waals surface area contributed by atoms with Gasteiger partial charge in [-0.05, 0) is 18.2 Å². The van der Waals surface area contributed by atoms with Crippen molar-refractivity contribution >= 4 is 29.0 Å². The number of amides is 1. The van der Waals surface area contributed by atoms with Gasteiger partial charge in [0.2, 0.25) is 5.91 Å². The maximum Gasteiger partial charge on any atom is 0.232 e. The summed E-state index contributed by atoms with van der Waals surface area (Å²) in [5, 5.41) is 13.9. The normalized spacial score (nSPS) is 11.1. The van der Waals surface area contributed by atoms with Gasteiger partial charge in [0, 0.05) is 5.69 Å². The molecule has 0 aliphatic heterocycles. The van der Waals surface area contributed by atoms with Crippen LogP contribution in [-0.2, 0) is 4.79 Å². The monoisotopic (exact) mass is 257 g/mol. The van der Waals surface area contributed by atoms with Crippen molar-refractivity contribution in [1.29, 1.82) is 0 Å². The summed E-state index contributed by atoms with van der Waals surface area (Å²) in [6.45, 7) is 0. The second kappa shape index (κ2) is 5.95. The van der Waals surface area contributed by atoms with E-state index in [9.17, 15) is 4.79 Å². The van der Waals surface area contributed by atoms with Crippen LogP contribution >= 0.6 is 11.6 Å². The Labute approximate surface area is 103 Å². The molecular formula is C10H12ClN3O3. The van der Waals surface area contributed by atoms with Gasteiger partial charge in [0.1, 0.15) is 11.6 Å². The number of nitrogens with one attached hydrogen (secondary N) is 1. The van der Waals surface area contributed by atoms with Crippen LogP contribution in [0, 0.1) is 0 Å². The highest BCUT2D eigenvalue weighted by Gasteiger charge is 2.07. The number of nitrogens with zero attached hydrogens (tertiary/aromatic N) is 1. The third-order valence-electron chi connectivity index (χ3n) is 1.91. The molecule has 7 heteroatoms. The number of nitrogens with two attached hydrogens (primary N) is 1. The highest BCUT2D eigenvalue weighted by molar-refractivity contribution is 6.32. The van der Waals surface area contributed by atoms with Crippen LogP contribution in [0.15, 0.2) is 23.4 Å². The number of methoxy groups -OCH3 is 1. The average Bonchev–Trinajstić information content (AvgIpc) is 2.29. The first-order chi connectivity index (χ1) is 8.06. The molecule has 0 aliphatic carbocycles. The van der Waals surface area contributed by atoms with Crippen molar-refractivity contribution in [3.63, 3.8) is 0 Å². The molecule has 0 spiro atoms. The lowest BCUT2D eigenvalue weighted by Crippen LogP contribution is -2.21. The first-order valence-electron chi connectivity index (χ1n) is 4.66. The number of hydrogen-bond acceptors (Lipinski definition) is 4. The minimum Gasteiger partial charge on any atom is -0.495 e. The molecule has 0 aromatic heterocycles. The van der Waals surface area contributed by atoms with Gasteiger partial charge in [0.25, 0.3) is 0 Å². The summed E-state index contributed by atoms with van der Waals surface area (Å²) in [5.74, 6) is -0.0512. The Morgan fingerprint density at radius 1 is 1.65 bits per heavy atom. The van der Waals surface area contributed by atoms with Crippen LogP contribution in [0.5, 0.6) is 5.75 Å². The summed E-state index contributed by atoms with van der Waals surface area (Å²) >= 11 is 5.88. The molecule has 0 bridgehead atoms. The van der Waals surface area contributed by atoms with E-state index < -0.39 is 5.91 Å². The molecular weight excluding hydrogens is 246 g/mol. The zero-order valence-corrected chi connectivity index (χ0v) is 9.86. The first kappa shape index (κ1) is 13.1. The molecule has 0 saturated heterocycles. The summed E-state index contributed by atoms with van der Waals surface area (Å²) in [7, 11) is 1.50. The van der Waals surface area contributed by atoms with E-state index in [1.54, 1.807) is 18.2 Å². The van der Waals surface area contributed by atoms with Crippen LogP contribution < -0.4 is 15.8 Å². The number of carbonyl (C=O) groups excluding carboxylic acids is 1. The minimum absolute atomic E-state index is 0.165. The van der Waals surface area contributed by atoms with Crippen molar-refractivity contribution < 1.29 is 14.7 Å². The summed E-state index contributed by atoms with van der Waals surface area (Å²) < 4.78 is 4.97. The lowest BCUT2D eigenvalue weighted by Gasteiger charge is -2.07. The van der Waals surface area contributed by atoms with E-state index in [1.165, 1.54) is 7.11 Å². The van der Waals surface area contributed by atoms with Crippen molar-refractivity contribution in [3.8, 4) is 5.75 Å². The van der Waals surface area contributed by atoms with Crippen molar-refractivity contribution in [1.82, 2.24) is 0 Å². The molecule has 0 atom stereocenters. The van der Waals surface area contributed by atoms with Gasteiger partial charge < -0.3 is 21.0 Å². The molecule has 1 aromatic rings. The zero-order valence-electron chi connectivity index (χ0n) is 9.11. The lowest BCUT2D eigenvalue weighted by atomic mass is 10.3. The largest absolute Gasteiger partial charge is 0.495 e. The Morgan fingerprint density at radius 2 is 2.35 bits per heavy atom. The molecule has 0 saturated carbocycles. The number of halogens is 1. The van der Waals surface area contributed by atoms with Crippen molar-refractivity contribution in [2.45, 2.75) is 6.42 Å². The summed E-state index contributed by atoms with van der Waals surface area (Å²) in [5.41, 5.74) is 5.70. The Bertz CT molecular complexity index is 448. The Kier molecular flexibility index (Phi) is 4.59. The average molecular weight is 258 g/mol. The third-order valence-corrected chi connectivity index (χ3v) is 2.20. The molecule has 0 radical (unpaired) electrons. The number of rotatable bonds is 4. The van der Waals surface area contributed by atoms with Gasteiger partial charge in [-0.25, -0.2) is 0 Å². The van der Waals surface area contributed by atoms with Gasteiger partial charge in [-0.3, -0.25) is 4.79 Å². The Hall–Kier alpha value is -1.95. The molecule has 0 aliphatic rings. The number of ether oxygens (including phenoxy) is 1. The van der Waals surface area contributed by atoms with Gasteiger partial charge in [-0.2, -0.15) is 0 Å². The highest BCUT2D eigenvalue weighted by Crippen LogP contribution is 2.27. The maximum atomic E-state index is 11.4. The first-order valence-corrected chi connectivity index (χ1v) is 5.04. The van der Waals surface area contributed by atoms with Gasteiger partial charge in [-0.1, -0.05) is 16.8 Å². The molecule has 4 N–H and O–H groups in total. The van der Waals surface area contributed by atoms with E-state index in [0.717, 1.165) is 0 Å². The van der Waals surface area contributed by atoms with E-state index in [0.29, 0.717) is 16.5 Å². The second-order valence-corrected chi connectivity index (χ2v) is 3.57. The molecule has 0 fully saturated rings. The standard InChI is InChI=1S/C10H12ClN3O3/c1-17-8-3-2-6(4-7(8)11)13-10(15)5-9(12)14-16/h2-4,16H,5H2,1H3,(H2,12,14)(H,13,15). The number of amidine groups is 1. The van der Waals surface area contributed by atoms with E-state index in [1.807, 2.05) is 0 Å². The Morgan fingerprint density at radius 3 is 2.88 bits per heavy atom. The Balaban J connectivity index is 2.69. The predicted molar refractivity (Wildman–Crippen MR) is 64.7 cm³/mol. The molecule has 1 rings (SSSR count). The van der Waals surface area contributed by atoms with Crippen LogP contribution in [0.25, 0.3) is 0 Å². The van der Waals surface area contributed by atoms with Crippen molar-refractivity contribution in [2.24, 2.45) is 10.9 Å². The SMILES string of the molecule is COc1ccc(NC(=O)C/C(N)=N/O)cc1Cl. The summed E-state index contributed by atoms with van der Waals surface area (Å²) in [6.07, 6.45) is -0.194. The second-order valence-electron chi connectivity index (χ2n) is 3.17. The fraction of sp³-hybridized carbons (Fsp3) is 0.200. The van der Waals surface area contributed by atoms with E-state index in [4.69, 9.17) is 27.3 Å². The van der Waals surface area contributed by atoms with E-state index >= 15 is 0 Å². The van der Waals surface area contributed by atoms with Crippen LogP contribution in [0.4, 0.5) is 5.69 Å². The predicted octanol–water partition coefficient (Wildman–Crippen LogP) is 1.42. The molecule has 6 nitrogen and oxygen atoms in total. The van der Waals surface area contributed by atoms with Gasteiger partial charge >= 0.3 is 0 Å². The molecule has 1 amide bonds. The number of anilines is 1. The molecule has 1 aromatic carbocycles. The minimum atomic E-state index is -0.401. The number of carbonyl (C=O) groups is 1. The quantitative estimate of drug-likeness (QED) is 0.329. The van der Waals surface area contributed by atoms with Crippen LogP contribution in [0.2, 0.25) is 5.02 Å². The van der Waals surface area contributed by atoms with E-state index in [2.05, 4.69) is 10.5 Å². The molecule has 17 heavy (non-hydrogen) atoms. The fourth-order valence-electron chi connectivity index (χ4n) is 1.15. The van der Waals surface area contributed by atoms with Crippen LogP contribution in [-0.4, -0.2) is 24.1 Å². The van der Waals surface area contributed by atoms with Crippen molar-refractivity contribution in [3.05, 3.63) is 23.2 Å². The fourth-order valence-corrected chi connectivity index (χ4v) is 1.41. The number of benzene rings is 1. The zero-order chi connectivity index (χ0) is 12.8. The van der Waals surface area contributed by atoms with Gasteiger partial charge in [-0.15, -0.1) is 0 Å². The molecule has 0 unspecified atom stereocenters. The summed E-state index contributed by atoms with van der Waals surface area (Å²) in [6, 6.07) is 4.81. The lowest BCUT2D eigenvalue weighted by molar-refractivity contribution is -0.115. The third kappa shape index (κ3) is 3.84. The number of oxime groups is 1. The molecule has 0 heterocycles. The maximum absolute atomic E-state index is 11.4. The number of hydrogen-bond donors (Lipinski definition) is 3. The van der Waals surface area contributed by atoms with E-state index in [-0.39, 0.29) is 12.3 Å². The van der Waals surface area contributed by atoms with Gasteiger partial charge in [0.05, 0.1) is 18.6 Å². The van der Waals surface area contributed by atoms with Crippen LogP contribution in [0.1, 0.15) is 6.42 Å². The topological polar surface area (TPSA) is 96.9 Å². The van der Waals surface area contributed by atoms with Crippen molar-refractivity contribution in [2.75, 3.05) is 12.4 Å².